The number of carbonyl (C=O) groups excluding carboxylic acids is 1. The quantitative estimate of drug-likeness (QED) is 0.339. The van der Waals surface area contributed by atoms with E-state index in [1.54, 1.807) is 11.9 Å². The lowest BCUT2D eigenvalue weighted by molar-refractivity contribution is -0.130. The van der Waals surface area contributed by atoms with E-state index in [2.05, 4.69) is 25.1 Å². The third-order valence-electron chi connectivity index (χ3n) is 6.28. The molecule has 1 aliphatic rings. The average molecular weight is 454 g/mol. The number of hydrogen-bond donors (Lipinski definition) is 0. The van der Waals surface area contributed by atoms with E-state index >= 15 is 0 Å². The Morgan fingerprint density at radius 1 is 0.939 bits per heavy atom. The number of aromatic nitrogens is 1. The van der Waals surface area contributed by atoms with Crippen LogP contribution in [-0.2, 0) is 4.79 Å². The van der Waals surface area contributed by atoms with Crippen LogP contribution in [0, 0.1) is 13.8 Å². The van der Waals surface area contributed by atoms with Gasteiger partial charge in [-0.15, -0.1) is 0 Å². The number of rotatable bonds is 3. The van der Waals surface area contributed by atoms with E-state index in [0.29, 0.717) is 11.4 Å². The zero-order valence-corrected chi connectivity index (χ0v) is 19.6. The minimum absolute atomic E-state index is 0.0716. The summed E-state index contributed by atoms with van der Waals surface area (Å²) in [5.74, 6) is -0.0716. The van der Waals surface area contributed by atoms with E-state index in [4.69, 9.17) is 21.7 Å². The summed E-state index contributed by atoms with van der Waals surface area (Å²) >= 11 is 6.19. The van der Waals surface area contributed by atoms with E-state index < -0.39 is 0 Å². The smallest absolute Gasteiger partial charge is 0.240 e. The number of hydrogen-bond acceptors (Lipinski definition) is 3. The third kappa shape index (κ3) is 3.81. The Hall–Kier alpha value is -3.50. The lowest BCUT2D eigenvalue weighted by Crippen LogP contribution is -2.24. The summed E-state index contributed by atoms with van der Waals surface area (Å²) in [6.45, 7) is 5.67. The molecule has 1 amide bonds. The molecule has 0 bridgehead atoms. The van der Waals surface area contributed by atoms with Gasteiger partial charge in [0.05, 0.1) is 17.3 Å². The van der Waals surface area contributed by atoms with Gasteiger partial charge in [0.15, 0.2) is 0 Å². The Labute approximate surface area is 198 Å². The number of amides is 1. The van der Waals surface area contributed by atoms with Crippen molar-refractivity contribution in [2.45, 2.75) is 33.2 Å². The fourth-order valence-corrected chi connectivity index (χ4v) is 4.88. The molecular formula is C28H24ClN3O. The van der Waals surface area contributed by atoms with Gasteiger partial charge in [0.2, 0.25) is 5.91 Å². The second-order valence-electron chi connectivity index (χ2n) is 8.46. The van der Waals surface area contributed by atoms with Crippen LogP contribution in [0.3, 0.4) is 0 Å². The highest BCUT2D eigenvalue weighted by molar-refractivity contribution is 6.30. The standard InChI is InChI=1S/C28H24ClN3O/c1-17-8-4-5-9-22(17)26-16-25(31-32(26)19(3)33)27-18(2)30-24-11-7-6-10-23(24)28(27)20-12-14-21(29)15-13-20/h4-15,26H,16H2,1-3H3/t26-/m1/s1. The Morgan fingerprint density at radius 2 is 1.64 bits per heavy atom. The van der Waals surface area contributed by atoms with Crippen molar-refractivity contribution in [1.82, 2.24) is 9.99 Å². The maximum absolute atomic E-state index is 12.6. The van der Waals surface area contributed by atoms with Crippen LogP contribution >= 0.6 is 11.6 Å². The molecule has 1 aliphatic heterocycles. The molecule has 0 fully saturated rings. The van der Waals surface area contributed by atoms with Crippen molar-refractivity contribution in [3.05, 3.63) is 100 Å². The molecule has 164 valence electrons. The highest BCUT2D eigenvalue weighted by Crippen LogP contribution is 2.40. The number of nitrogens with zero attached hydrogens (tertiary/aromatic N) is 3. The molecule has 0 N–H and O–H groups in total. The maximum atomic E-state index is 12.6. The number of fused-ring (bicyclic) bond motifs is 1. The van der Waals surface area contributed by atoms with E-state index in [1.165, 1.54) is 0 Å². The minimum Gasteiger partial charge on any atom is -0.273 e. The van der Waals surface area contributed by atoms with Gasteiger partial charge in [0, 0.05) is 40.6 Å². The summed E-state index contributed by atoms with van der Waals surface area (Å²) in [7, 11) is 0. The number of carbonyl (C=O) groups is 1. The maximum Gasteiger partial charge on any atom is 0.240 e. The van der Waals surface area contributed by atoms with Crippen LogP contribution in [0.2, 0.25) is 5.02 Å². The monoisotopic (exact) mass is 453 g/mol. The molecule has 5 rings (SSSR count). The predicted octanol–water partition coefficient (Wildman–Crippen LogP) is 6.87. The molecule has 0 radical (unpaired) electrons. The summed E-state index contributed by atoms with van der Waals surface area (Å²) < 4.78 is 0. The number of halogens is 1. The molecule has 0 aliphatic carbocycles. The fraction of sp³-hybridized carbons (Fsp3) is 0.179. The van der Waals surface area contributed by atoms with Crippen molar-refractivity contribution < 1.29 is 4.79 Å². The van der Waals surface area contributed by atoms with Crippen LogP contribution in [0.1, 0.15) is 41.8 Å². The number of hydrazone groups is 1. The van der Waals surface area contributed by atoms with Gasteiger partial charge in [0.1, 0.15) is 0 Å². The van der Waals surface area contributed by atoms with Gasteiger partial charge < -0.3 is 0 Å². The number of pyridine rings is 1. The summed E-state index contributed by atoms with van der Waals surface area (Å²) in [5, 5.41) is 8.23. The van der Waals surface area contributed by atoms with E-state index in [0.717, 1.165) is 50.1 Å². The topological polar surface area (TPSA) is 45.6 Å². The number of para-hydroxylation sites is 1. The van der Waals surface area contributed by atoms with Crippen LogP contribution in [0.15, 0.2) is 77.9 Å². The SMILES string of the molecule is CC(=O)N1N=C(c2c(C)nc3ccccc3c2-c2ccc(Cl)cc2)C[C@@H]1c1ccccc1C. The molecule has 1 atom stereocenters. The van der Waals surface area contributed by atoms with Crippen molar-refractivity contribution in [2.24, 2.45) is 5.10 Å². The van der Waals surface area contributed by atoms with Gasteiger partial charge >= 0.3 is 0 Å². The normalized spacial score (nSPS) is 15.7. The third-order valence-corrected chi connectivity index (χ3v) is 6.53. The average Bonchev–Trinajstić information content (AvgIpc) is 3.24. The molecule has 3 aromatic carbocycles. The first kappa shape index (κ1) is 21.4. The molecule has 2 heterocycles. The summed E-state index contributed by atoms with van der Waals surface area (Å²) in [5.41, 5.74) is 8.07. The van der Waals surface area contributed by atoms with Crippen molar-refractivity contribution in [2.75, 3.05) is 0 Å². The van der Waals surface area contributed by atoms with Gasteiger partial charge in [-0.05, 0) is 48.7 Å². The summed E-state index contributed by atoms with van der Waals surface area (Å²) in [4.78, 5) is 17.5. The Morgan fingerprint density at radius 3 is 2.36 bits per heavy atom. The summed E-state index contributed by atoms with van der Waals surface area (Å²) in [6, 6.07) is 24.1. The molecule has 33 heavy (non-hydrogen) atoms. The van der Waals surface area contributed by atoms with Gasteiger partial charge in [0.25, 0.3) is 0 Å². The van der Waals surface area contributed by atoms with E-state index in [1.807, 2.05) is 61.5 Å². The second-order valence-corrected chi connectivity index (χ2v) is 8.89. The number of aryl methyl sites for hydroxylation is 2. The van der Waals surface area contributed by atoms with E-state index in [9.17, 15) is 4.79 Å². The van der Waals surface area contributed by atoms with E-state index in [-0.39, 0.29) is 11.9 Å². The predicted molar refractivity (Wildman–Crippen MR) is 135 cm³/mol. The lowest BCUT2D eigenvalue weighted by atomic mass is 9.88. The lowest BCUT2D eigenvalue weighted by Gasteiger charge is -2.22. The fourth-order valence-electron chi connectivity index (χ4n) is 4.76. The van der Waals surface area contributed by atoms with Crippen molar-refractivity contribution in [3.63, 3.8) is 0 Å². The Balaban J connectivity index is 1.73. The molecule has 0 spiro atoms. The molecule has 1 aromatic heterocycles. The zero-order valence-electron chi connectivity index (χ0n) is 18.8. The Kier molecular flexibility index (Phi) is 5.47. The molecule has 0 unspecified atom stereocenters. The largest absolute Gasteiger partial charge is 0.273 e. The van der Waals surface area contributed by atoms with Crippen molar-refractivity contribution >= 4 is 34.1 Å². The van der Waals surface area contributed by atoms with Gasteiger partial charge in [-0.3, -0.25) is 9.78 Å². The minimum atomic E-state index is -0.136. The van der Waals surface area contributed by atoms with Crippen molar-refractivity contribution in [3.8, 4) is 11.1 Å². The van der Waals surface area contributed by atoms with Crippen LogP contribution in [0.5, 0.6) is 0 Å². The highest BCUT2D eigenvalue weighted by atomic mass is 35.5. The van der Waals surface area contributed by atoms with Gasteiger partial charge in [-0.2, -0.15) is 5.10 Å². The molecule has 5 heteroatoms. The van der Waals surface area contributed by atoms with Crippen LogP contribution in [-0.4, -0.2) is 21.6 Å². The Bertz CT molecular complexity index is 1410. The first-order valence-electron chi connectivity index (χ1n) is 11.0. The van der Waals surface area contributed by atoms with Crippen molar-refractivity contribution in [1.29, 1.82) is 0 Å². The first-order chi connectivity index (χ1) is 15.9. The van der Waals surface area contributed by atoms with Crippen LogP contribution < -0.4 is 0 Å². The van der Waals surface area contributed by atoms with Crippen LogP contribution in [0.4, 0.5) is 0 Å². The zero-order chi connectivity index (χ0) is 23.1. The summed E-state index contributed by atoms with van der Waals surface area (Å²) in [6.07, 6.45) is 0.631. The van der Waals surface area contributed by atoms with Crippen LogP contribution in [0.25, 0.3) is 22.0 Å². The number of benzene rings is 3. The molecule has 4 aromatic rings. The highest BCUT2D eigenvalue weighted by Gasteiger charge is 2.34. The second kappa shape index (κ2) is 8.45. The van der Waals surface area contributed by atoms with Gasteiger partial charge in [-0.25, -0.2) is 5.01 Å². The molecule has 0 saturated carbocycles. The molecule has 4 nitrogen and oxygen atoms in total. The molecular weight excluding hydrogens is 430 g/mol. The first-order valence-corrected chi connectivity index (χ1v) is 11.4. The molecule has 0 saturated heterocycles. The van der Waals surface area contributed by atoms with Gasteiger partial charge in [-0.1, -0.05) is 66.2 Å².